The summed E-state index contributed by atoms with van der Waals surface area (Å²) in [5.74, 6) is -1.78. The Morgan fingerprint density at radius 1 is 1.33 bits per heavy atom. The van der Waals surface area contributed by atoms with Crippen LogP contribution >= 0.6 is 11.3 Å². The fraction of sp³-hybridized carbons (Fsp3) is 0.471. The van der Waals surface area contributed by atoms with Gasteiger partial charge in [0.15, 0.2) is 5.69 Å². The maximum Gasteiger partial charge on any atom is 0.306 e. The van der Waals surface area contributed by atoms with Crippen LogP contribution in [0.3, 0.4) is 0 Å². The summed E-state index contributed by atoms with van der Waals surface area (Å²) in [6.07, 6.45) is 2.45. The maximum absolute atomic E-state index is 12.5. The number of carboxylic acid groups (broad SMARTS) is 1. The summed E-state index contributed by atoms with van der Waals surface area (Å²) in [7, 11) is 1.54. The fourth-order valence-corrected chi connectivity index (χ4v) is 3.68. The molecule has 2 aromatic rings. The number of likely N-dealkylation sites (tertiary alicyclic amines) is 1. The second-order valence-corrected chi connectivity index (χ2v) is 7.57. The van der Waals surface area contributed by atoms with E-state index in [1.54, 1.807) is 34.2 Å². The number of thiophene rings is 1. The van der Waals surface area contributed by atoms with E-state index in [9.17, 15) is 14.4 Å². The van der Waals surface area contributed by atoms with Crippen LogP contribution in [0.2, 0.25) is 0 Å². The molecule has 0 spiro atoms. The molecule has 0 aromatic carbocycles. The van der Waals surface area contributed by atoms with Crippen molar-refractivity contribution in [3.63, 3.8) is 0 Å². The van der Waals surface area contributed by atoms with Crippen LogP contribution < -0.4 is 0 Å². The molecule has 1 aliphatic heterocycles. The number of carboxylic acids is 1. The van der Waals surface area contributed by atoms with Crippen molar-refractivity contribution in [1.29, 1.82) is 0 Å². The Hall–Kier alpha value is -2.75. The molecule has 9 nitrogen and oxygen atoms in total. The van der Waals surface area contributed by atoms with Crippen molar-refractivity contribution in [3.05, 3.63) is 34.3 Å². The number of aliphatic carboxylic acids is 1. The van der Waals surface area contributed by atoms with E-state index in [1.807, 2.05) is 17.5 Å². The first kappa shape index (κ1) is 19.0. The van der Waals surface area contributed by atoms with E-state index in [4.69, 9.17) is 5.11 Å². The predicted octanol–water partition coefficient (Wildman–Crippen LogP) is 0.783. The fourth-order valence-electron chi connectivity index (χ4n) is 2.98. The minimum Gasteiger partial charge on any atom is -0.481 e. The number of hydrogen-bond donors (Lipinski definition) is 1. The van der Waals surface area contributed by atoms with E-state index in [0.29, 0.717) is 32.5 Å². The van der Waals surface area contributed by atoms with E-state index < -0.39 is 11.9 Å². The molecule has 2 aromatic heterocycles. The number of carbonyl (C=O) groups is 3. The summed E-state index contributed by atoms with van der Waals surface area (Å²) < 4.78 is 1.59. The van der Waals surface area contributed by atoms with Gasteiger partial charge in [-0.2, -0.15) is 0 Å². The van der Waals surface area contributed by atoms with Crippen LogP contribution in [0.1, 0.15) is 28.2 Å². The normalized spacial score (nSPS) is 14.9. The van der Waals surface area contributed by atoms with Gasteiger partial charge in [-0.25, -0.2) is 4.68 Å². The van der Waals surface area contributed by atoms with E-state index in [1.165, 1.54) is 4.90 Å². The first-order valence-electron chi connectivity index (χ1n) is 8.62. The lowest BCUT2D eigenvalue weighted by atomic mass is 9.97. The van der Waals surface area contributed by atoms with Gasteiger partial charge in [0.25, 0.3) is 5.91 Å². The molecular weight excluding hydrogens is 370 g/mol. The standard InChI is InChI=1S/C17H21N5O4S/c1-20(11-15(23)21-6-4-12(5-7-21)17(25)26)16(24)14-10-22(19-18-14)9-13-3-2-8-27-13/h2-3,8,10,12H,4-7,9,11H2,1H3,(H,25,26). The Balaban J connectivity index is 1.52. The SMILES string of the molecule is CN(CC(=O)N1CCC(C(=O)O)CC1)C(=O)c1cn(Cc2cccs2)nn1. The molecule has 3 heterocycles. The van der Waals surface area contributed by atoms with E-state index in [-0.39, 0.29) is 24.1 Å². The van der Waals surface area contributed by atoms with Crippen LogP contribution in [0.4, 0.5) is 0 Å². The van der Waals surface area contributed by atoms with Gasteiger partial charge < -0.3 is 14.9 Å². The first-order valence-corrected chi connectivity index (χ1v) is 9.50. The third kappa shape index (κ3) is 4.70. The Morgan fingerprint density at radius 3 is 2.70 bits per heavy atom. The number of amides is 2. The summed E-state index contributed by atoms with van der Waals surface area (Å²) in [5.41, 5.74) is 0.187. The Labute approximate surface area is 160 Å². The molecule has 0 atom stereocenters. The Kier molecular flexibility index (Phi) is 5.84. The number of aromatic nitrogens is 3. The second-order valence-electron chi connectivity index (χ2n) is 6.54. The number of likely N-dealkylation sites (N-methyl/N-ethyl adjacent to an activating group) is 1. The van der Waals surface area contributed by atoms with Gasteiger partial charge in [-0.15, -0.1) is 16.4 Å². The van der Waals surface area contributed by atoms with Gasteiger partial charge in [-0.05, 0) is 24.3 Å². The maximum atomic E-state index is 12.5. The molecule has 0 radical (unpaired) electrons. The van der Waals surface area contributed by atoms with Crippen LogP contribution in [0.5, 0.6) is 0 Å². The van der Waals surface area contributed by atoms with Crippen LogP contribution in [0.25, 0.3) is 0 Å². The van der Waals surface area contributed by atoms with Crippen molar-refractivity contribution in [1.82, 2.24) is 24.8 Å². The summed E-state index contributed by atoms with van der Waals surface area (Å²) in [6.45, 7) is 1.26. The van der Waals surface area contributed by atoms with Crippen molar-refractivity contribution in [2.45, 2.75) is 19.4 Å². The van der Waals surface area contributed by atoms with Gasteiger partial charge >= 0.3 is 5.97 Å². The average molecular weight is 391 g/mol. The smallest absolute Gasteiger partial charge is 0.306 e. The van der Waals surface area contributed by atoms with Crippen molar-refractivity contribution >= 4 is 29.1 Å². The third-order valence-electron chi connectivity index (χ3n) is 4.57. The molecule has 0 aliphatic carbocycles. The molecule has 27 heavy (non-hydrogen) atoms. The van der Waals surface area contributed by atoms with Gasteiger partial charge in [0.2, 0.25) is 5.91 Å². The molecule has 0 unspecified atom stereocenters. The average Bonchev–Trinajstić information content (AvgIpc) is 3.33. The highest BCUT2D eigenvalue weighted by molar-refractivity contribution is 7.09. The highest BCUT2D eigenvalue weighted by Crippen LogP contribution is 2.17. The van der Waals surface area contributed by atoms with Gasteiger partial charge in [0, 0.05) is 25.0 Å². The predicted molar refractivity (Wildman–Crippen MR) is 97.3 cm³/mol. The van der Waals surface area contributed by atoms with Crippen molar-refractivity contribution in [2.75, 3.05) is 26.7 Å². The zero-order valence-electron chi connectivity index (χ0n) is 14.9. The number of carbonyl (C=O) groups excluding carboxylic acids is 2. The van der Waals surface area contributed by atoms with E-state index >= 15 is 0 Å². The van der Waals surface area contributed by atoms with E-state index in [2.05, 4.69) is 10.3 Å². The Morgan fingerprint density at radius 2 is 2.07 bits per heavy atom. The molecule has 2 amide bonds. The Bertz CT molecular complexity index is 811. The van der Waals surface area contributed by atoms with Gasteiger partial charge in [-0.1, -0.05) is 11.3 Å². The molecule has 1 aliphatic rings. The van der Waals surface area contributed by atoms with Crippen LogP contribution in [0, 0.1) is 5.92 Å². The molecule has 0 saturated carbocycles. The van der Waals surface area contributed by atoms with Crippen molar-refractivity contribution in [3.8, 4) is 0 Å². The minimum absolute atomic E-state index is 0.0750. The number of hydrogen-bond acceptors (Lipinski definition) is 6. The summed E-state index contributed by atoms with van der Waals surface area (Å²) in [6, 6.07) is 3.92. The topological polar surface area (TPSA) is 109 Å². The third-order valence-corrected chi connectivity index (χ3v) is 5.43. The minimum atomic E-state index is -0.819. The van der Waals surface area contributed by atoms with Crippen LogP contribution in [-0.2, 0) is 16.1 Å². The molecule has 144 valence electrons. The largest absolute Gasteiger partial charge is 0.481 e. The monoisotopic (exact) mass is 391 g/mol. The zero-order chi connectivity index (χ0) is 19.4. The molecule has 1 saturated heterocycles. The highest BCUT2D eigenvalue weighted by atomic mass is 32.1. The molecule has 1 fully saturated rings. The molecule has 0 bridgehead atoms. The number of nitrogens with zero attached hydrogens (tertiary/aromatic N) is 5. The summed E-state index contributed by atoms with van der Waals surface area (Å²) >= 11 is 1.60. The summed E-state index contributed by atoms with van der Waals surface area (Å²) in [5, 5.41) is 18.9. The molecule has 10 heteroatoms. The zero-order valence-corrected chi connectivity index (χ0v) is 15.8. The second kappa shape index (κ2) is 8.30. The van der Waals surface area contributed by atoms with Crippen molar-refractivity contribution < 1.29 is 19.5 Å². The lowest BCUT2D eigenvalue weighted by Crippen LogP contribution is -2.45. The summed E-state index contributed by atoms with van der Waals surface area (Å²) in [4.78, 5) is 39.9. The van der Waals surface area contributed by atoms with Gasteiger partial charge in [0.1, 0.15) is 0 Å². The number of rotatable bonds is 6. The molecule has 3 rings (SSSR count). The number of piperidine rings is 1. The first-order chi connectivity index (χ1) is 12.9. The van der Waals surface area contributed by atoms with E-state index in [0.717, 1.165) is 4.88 Å². The molecular formula is C17H21N5O4S. The van der Waals surface area contributed by atoms with Crippen LogP contribution in [-0.4, -0.2) is 74.4 Å². The lowest BCUT2D eigenvalue weighted by Gasteiger charge is -2.31. The highest BCUT2D eigenvalue weighted by Gasteiger charge is 2.28. The molecule has 1 N–H and O–H groups in total. The lowest BCUT2D eigenvalue weighted by molar-refractivity contribution is -0.145. The van der Waals surface area contributed by atoms with Gasteiger partial charge in [0.05, 0.1) is 25.2 Å². The van der Waals surface area contributed by atoms with Gasteiger partial charge in [-0.3, -0.25) is 14.4 Å². The quantitative estimate of drug-likeness (QED) is 0.780. The van der Waals surface area contributed by atoms with Crippen LogP contribution in [0.15, 0.2) is 23.7 Å². The van der Waals surface area contributed by atoms with Crippen molar-refractivity contribution in [2.24, 2.45) is 5.92 Å².